The first kappa shape index (κ1) is 17.1. The van der Waals surface area contributed by atoms with Crippen LogP contribution in [0.3, 0.4) is 0 Å². The number of ketones is 1. The number of nitrogens with zero attached hydrogens (tertiary/aromatic N) is 2. The molecule has 0 bridgehead atoms. The average Bonchev–Trinajstić information content (AvgIpc) is 3.00. The number of amides is 1. The molecule has 6 heteroatoms. The Kier molecular flexibility index (Phi) is 5.40. The van der Waals surface area contributed by atoms with Gasteiger partial charge in [-0.15, -0.1) is 5.10 Å². The fourth-order valence-electron chi connectivity index (χ4n) is 2.35. The van der Waals surface area contributed by atoms with Crippen LogP contribution in [0.25, 0.3) is 0 Å². The zero-order valence-corrected chi connectivity index (χ0v) is 14.5. The van der Waals surface area contributed by atoms with E-state index in [4.69, 9.17) is 0 Å². The number of Topliss-reactive ketones (excluding diaryl/α,β-unsaturated/α-hetero) is 1. The molecule has 1 fully saturated rings. The highest BCUT2D eigenvalue weighted by atomic mass is 32.2. The molecule has 0 aliphatic carbocycles. The molecule has 1 N–H and O–H groups in total. The first-order valence-corrected chi connectivity index (χ1v) is 8.75. The summed E-state index contributed by atoms with van der Waals surface area (Å²) in [7, 11) is 0. The Hall–Kier alpha value is -2.73. The highest BCUT2D eigenvalue weighted by Gasteiger charge is 2.32. The quantitative estimate of drug-likeness (QED) is 0.510. The van der Waals surface area contributed by atoms with Gasteiger partial charge in [0.2, 0.25) is 5.91 Å². The van der Waals surface area contributed by atoms with Crippen molar-refractivity contribution in [3.63, 3.8) is 0 Å². The van der Waals surface area contributed by atoms with Gasteiger partial charge in [0.1, 0.15) is 0 Å². The molecule has 1 saturated heterocycles. The van der Waals surface area contributed by atoms with E-state index in [0.717, 1.165) is 11.3 Å². The van der Waals surface area contributed by atoms with E-state index in [2.05, 4.69) is 15.5 Å². The van der Waals surface area contributed by atoms with Gasteiger partial charge in [-0.3, -0.25) is 9.59 Å². The Morgan fingerprint density at radius 2 is 1.64 bits per heavy atom. The monoisotopic (exact) mass is 351 g/mol. The highest BCUT2D eigenvalue weighted by Crippen LogP contribution is 2.24. The summed E-state index contributed by atoms with van der Waals surface area (Å²) in [5, 5.41) is 10.9. The van der Waals surface area contributed by atoms with Crippen molar-refractivity contribution in [1.82, 2.24) is 5.32 Å². The van der Waals surface area contributed by atoms with Crippen molar-refractivity contribution in [2.45, 2.75) is 18.6 Å². The van der Waals surface area contributed by atoms with E-state index in [1.807, 2.05) is 55.5 Å². The van der Waals surface area contributed by atoms with Gasteiger partial charge in [-0.25, -0.2) is 0 Å². The van der Waals surface area contributed by atoms with Crippen LogP contribution in [0.4, 0.5) is 0 Å². The molecule has 1 amide bonds. The van der Waals surface area contributed by atoms with Crippen LogP contribution in [0, 0.1) is 0 Å². The second kappa shape index (κ2) is 7.90. The standard InChI is InChI=1S/C19H17N3O2S/c1-13(14-8-4-2-5-9-14)21-22-19-20-18(24)17(25-19)12-16(23)15-10-6-3-7-11-15/h2-11,17H,12H2,1H3,(H,20,22,24)/b21-13+. The molecule has 126 valence electrons. The topological polar surface area (TPSA) is 70.9 Å². The minimum atomic E-state index is -0.473. The maximum absolute atomic E-state index is 12.2. The van der Waals surface area contributed by atoms with Gasteiger partial charge in [-0.1, -0.05) is 72.4 Å². The second-order valence-corrected chi connectivity index (χ2v) is 6.74. The van der Waals surface area contributed by atoms with Crippen molar-refractivity contribution < 1.29 is 9.59 Å². The van der Waals surface area contributed by atoms with Crippen molar-refractivity contribution in [3.05, 3.63) is 71.8 Å². The van der Waals surface area contributed by atoms with Gasteiger partial charge in [-0.2, -0.15) is 5.10 Å². The third-order valence-electron chi connectivity index (χ3n) is 3.73. The van der Waals surface area contributed by atoms with Gasteiger partial charge >= 0.3 is 0 Å². The van der Waals surface area contributed by atoms with Gasteiger partial charge in [-0.05, 0) is 12.5 Å². The number of rotatable bonds is 5. The SMILES string of the molecule is C/C(=N\N=C1/NC(=O)C(CC(=O)c2ccccc2)S1)c1ccccc1. The Balaban J connectivity index is 1.65. The van der Waals surface area contributed by atoms with Crippen LogP contribution >= 0.6 is 11.8 Å². The van der Waals surface area contributed by atoms with E-state index in [-0.39, 0.29) is 18.1 Å². The van der Waals surface area contributed by atoms with Crippen LogP contribution in [0.2, 0.25) is 0 Å². The molecule has 25 heavy (non-hydrogen) atoms. The number of nitrogens with one attached hydrogen (secondary N) is 1. The van der Waals surface area contributed by atoms with E-state index >= 15 is 0 Å². The van der Waals surface area contributed by atoms with Crippen molar-refractivity contribution in [3.8, 4) is 0 Å². The van der Waals surface area contributed by atoms with Gasteiger partial charge in [0.25, 0.3) is 0 Å². The summed E-state index contributed by atoms with van der Waals surface area (Å²) in [5.74, 6) is -0.265. The molecule has 1 heterocycles. The zero-order valence-electron chi connectivity index (χ0n) is 13.7. The molecule has 2 aromatic carbocycles. The maximum atomic E-state index is 12.2. The number of hydrogen-bond donors (Lipinski definition) is 1. The summed E-state index contributed by atoms with van der Waals surface area (Å²) in [5.41, 5.74) is 2.34. The lowest BCUT2D eigenvalue weighted by Gasteiger charge is -2.04. The molecule has 2 aromatic rings. The Labute approximate surface area is 150 Å². The first-order chi connectivity index (χ1) is 12.1. The number of hydrogen-bond acceptors (Lipinski definition) is 5. The van der Waals surface area contributed by atoms with E-state index in [0.29, 0.717) is 10.7 Å². The summed E-state index contributed by atoms with van der Waals surface area (Å²) in [4.78, 5) is 24.3. The predicted molar refractivity (Wildman–Crippen MR) is 101 cm³/mol. The lowest BCUT2D eigenvalue weighted by atomic mass is 10.1. The number of carbonyl (C=O) groups excluding carboxylic acids is 2. The number of amidine groups is 1. The lowest BCUT2D eigenvalue weighted by Crippen LogP contribution is -2.26. The summed E-state index contributed by atoms with van der Waals surface area (Å²) in [6.45, 7) is 1.86. The number of thioether (sulfide) groups is 1. The Morgan fingerprint density at radius 3 is 2.28 bits per heavy atom. The third kappa shape index (κ3) is 4.42. The van der Waals surface area contributed by atoms with E-state index < -0.39 is 5.25 Å². The molecule has 1 aliphatic rings. The molecule has 1 aliphatic heterocycles. The predicted octanol–water partition coefficient (Wildman–Crippen LogP) is 3.27. The fourth-order valence-corrected chi connectivity index (χ4v) is 3.27. The smallest absolute Gasteiger partial charge is 0.240 e. The molecule has 3 rings (SSSR count). The molecule has 5 nitrogen and oxygen atoms in total. The van der Waals surface area contributed by atoms with Gasteiger partial charge < -0.3 is 5.32 Å². The summed E-state index contributed by atoms with van der Waals surface area (Å²) in [6.07, 6.45) is 0.140. The van der Waals surface area contributed by atoms with Crippen molar-refractivity contribution >= 4 is 34.3 Å². The summed E-state index contributed by atoms with van der Waals surface area (Å²) < 4.78 is 0. The van der Waals surface area contributed by atoms with Gasteiger partial charge in [0.05, 0.1) is 11.0 Å². The molecule has 0 aromatic heterocycles. The van der Waals surface area contributed by atoms with Crippen LogP contribution in [0.1, 0.15) is 29.3 Å². The zero-order chi connectivity index (χ0) is 17.6. The number of benzene rings is 2. The number of carbonyl (C=O) groups is 2. The third-order valence-corrected chi connectivity index (χ3v) is 4.80. The van der Waals surface area contributed by atoms with Crippen LogP contribution in [0.15, 0.2) is 70.9 Å². The summed E-state index contributed by atoms with van der Waals surface area (Å²) >= 11 is 1.24. The van der Waals surface area contributed by atoms with Crippen molar-refractivity contribution in [1.29, 1.82) is 0 Å². The molecule has 1 atom stereocenters. The van der Waals surface area contributed by atoms with E-state index in [9.17, 15) is 9.59 Å². The summed E-state index contributed by atoms with van der Waals surface area (Å²) in [6, 6.07) is 18.7. The largest absolute Gasteiger partial charge is 0.303 e. The van der Waals surface area contributed by atoms with Gasteiger partial charge in [0, 0.05) is 12.0 Å². The molecule has 0 saturated carbocycles. The van der Waals surface area contributed by atoms with Crippen molar-refractivity contribution in [2.75, 3.05) is 0 Å². The van der Waals surface area contributed by atoms with E-state index in [1.54, 1.807) is 12.1 Å². The fraction of sp³-hybridized carbons (Fsp3) is 0.158. The lowest BCUT2D eigenvalue weighted by molar-refractivity contribution is -0.118. The van der Waals surface area contributed by atoms with Crippen LogP contribution < -0.4 is 5.32 Å². The second-order valence-electron chi connectivity index (χ2n) is 5.55. The maximum Gasteiger partial charge on any atom is 0.240 e. The minimum absolute atomic E-state index is 0.0570. The molecular formula is C19H17N3O2S. The molecule has 0 spiro atoms. The Bertz CT molecular complexity index is 832. The normalized spacial score (nSPS) is 19.1. The van der Waals surface area contributed by atoms with Crippen molar-refractivity contribution in [2.24, 2.45) is 10.2 Å². The van der Waals surface area contributed by atoms with Crippen LogP contribution in [-0.2, 0) is 4.79 Å². The highest BCUT2D eigenvalue weighted by molar-refractivity contribution is 8.15. The van der Waals surface area contributed by atoms with E-state index in [1.165, 1.54) is 11.8 Å². The average molecular weight is 351 g/mol. The molecule has 1 unspecified atom stereocenters. The minimum Gasteiger partial charge on any atom is -0.303 e. The first-order valence-electron chi connectivity index (χ1n) is 7.87. The molecular weight excluding hydrogens is 334 g/mol. The van der Waals surface area contributed by atoms with Crippen LogP contribution in [0.5, 0.6) is 0 Å². The van der Waals surface area contributed by atoms with Gasteiger partial charge in [0.15, 0.2) is 11.0 Å². The Morgan fingerprint density at radius 1 is 1.04 bits per heavy atom. The van der Waals surface area contributed by atoms with Crippen LogP contribution in [-0.4, -0.2) is 27.8 Å². The molecule has 0 radical (unpaired) electrons.